The van der Waals surface area contributed by atoms with E-state index in [1.165, 1.54) is 10.9 Å². The molecule has 0 aromatic carbocycles. The van der Waals surface area contributed by atoms with Gasteiger partial charge in [-0.25, -0.2) is 0 Å². The minimum absolute atomic E-state index is 0.102. The first kappa shape index (κ1) is 19.0. The lowest BCUT2D eigenvalue weighted by molar-refractivity contribution is 0.0597. The van der Waals surface area contributed by atoms with Crippen LogP contribution in [0.2, 0.25) is 4.34 Å². The van der Waals surface area contributed by atoms with Gasteiger partial charge in [0, 0.05) is 49.9 Å². The quantitative estimate of drug-likeness (QED) is 0.639. The van der Waals surface area contributed by atoms with Crippen LogP contribution in [-0.4, -0.2) is 46.5 Å². The summed E-state index contributed by atoms with van der Waals surface area (Å²) < 4.78 is 8.05. The zero-order valence-electron chi connectivity index (χ0n) is 15.2. The van der Waals surface area contributed by atoms with Crippen molar-refractivity contribution in [1.82, 2.24) is 14.4 Å². The summed E-state index contributed by atoms with van der Waals surface area (Å²) in [5.41, 5.74) is -0.102. The molecule has 8 heteroatoms. The normalized spacial score (nSPS) is 15.1. The minimum atomic E-state index is -0.106. The predicted molar refractivity (Wildman–Crippen MR) is 109 cm³/mol. The van der Waals surface area contributed by atoms with Crippen molar-refractivity contribution in [3.63, 3.8) is 0 Å². The van der Waals surface area contributed by atoms with Crippen molar-refractivity contribution >= 4 is 28.8 Å². The van der Waals surface area contributed by atoms with Gasteiger partial charge in [-0.1, -0.05) is 17.7 Å². The number of halogens is 1. The summed E-state index contributed by atoms with van der Waals surface area (Å²) >= 11 is 7.58. The van der Waals surface area contributed by atoms with Gasteiger partial charge in [-0.15, -0.1) is 11.3 Å². The molecule has 1 fully saturated rings. The number of rotatable bonds is 5. The maximum Gasteiger partial charge on any atom is 0.289 e. The van der Waals surface area contributed by atoms with Crippen LogP contribution in [0.1, 0.15) is 21.2 Å². The Labute approximate surface area is 171 Å². The predicted octanol–water partition coefficient (Wildman–Crippen LogP) is 3.16. The fraction of sp³-hybridized carbons (Fsp3) is 0.300. The van der Waals surface area contributed by atoms with Crippen molar-refractivity contribution in [2.75, 3.05) is 26.2 Å². The van der Waals surface area contributed by atoms with Gasteiger partial charge in [0.1, 0.15) is 5.76 Å². The van der Waals surface area contributed by atoms with Gasteiger partial charge in [0.15, 0.2) is 5.76 Å². The second kappa shape index (κ2) is 8.34. The second-order valence-electron chi connectivity index (χ2n) is 6.71. The van der Waals surface area contributed by atoms with E-state index in [9.17, 15) is 9.59 Å². The first-order valence-electron chi connectivity index (χ1n) is 9.08. The summed E-state index contributed by atoms with van der Waals surface area (Å²) in [5.74, 6) is 0.799. The molecular weight excluding hydrogens is 398 g/mol. The van der Waals surface area contributed by atoms with Crippen LogP contribution in [0.4, 0.5) is 0 Å². The number of hydrogen-bond acceptors (Lipinski definition) is 5. The summed E-state index contributed by atoms with van der Waals surface area (Å²) in [5, 5.41) is 0. The Kier molecular flexibility index (Phi) is 5.66. The Balaban J connectivity index is 1.33. The molecule has 0 unspecified atom stereocenters. The zero-order chi connectivity index (χ0) is 19.5. The summed E-state index contributed by atoms with van der Waals surface area (Å²) in [6.45, 7) is 4.11. The monoisotopic (exact) mass is 417 g/mol. The molecule has 0 saturated carbocycles. The molecule has 4 rings (SSSR count). The van der Waals surface area contributed by atoms with Gasteiger partial charge in [0.2, 0.25) is 0 Å². The molecule has 0 N–H and O–H groups in total. The van der Waals surface area contributed by atoms with Crippen LogP contribution in [0.25, 0.3) is 0 Å². The zero-order valence-corrected chi connectivity index (χ0v) is 16.8. The van der Waals surface area contributed by atoms with Crippen LogP contribution in [0.5, 0.6) is 0 Å². The Morgan fingerprint density at radius 3 is 2.57 bits per heavy atom. The first-order valence-corrected chi connectivity index (χ1v) is 10.3. The number of carbonyl (C=O) groups is 1. The molecule has 1 aliphatic rings. The van der Waals surface area contributed by atoms with Crippen LogP contribution in [0.15, 0.2) is 57.9 Å². The molecule has 146 valence electrons. The van der Waals surface area contributed by atoms with Gasteiger partial charge in [-0.05, 0) is 30.3 Å². The molecule has 0 spiro atoms. The Morgan fingerprint density at radius 2 is 1.86 bits per heavy atom. The molecule has 28 heavy (non-hydrogen) atoms. The lowest BCUT2D eigenvalue weighted by Gasteiger charge is -2.34. The molecule has 4 heterocycles. The fourth-order valence-corrected chi connectivity index (χ4v) is 4.39. The average Bonchev–Trinajstić information content (AvgIpc) is 3.33. The topological polar surface area (TPSA) is 58.7 Å². The number of thiophene rings is 1. The molecule has 3 aromatic rings. The van der Waals surface area contributed by atoms with Crippen molar-refractivity contribution in [3.8, 4) is 0 Å². The number of piperazine rings is 1. The van der Waals surface area contributed by atoms with Gasteiger partial charge >= 0.3 is 0 Å². The van der Waals surface area contributed by atoms with E-state index in [0.717, 1.165) is 24.0 Å². The highest BCUT2D eigenvalue weighted by Crippen LogP contribution is 2.23. The van der Waals surface area contributed by atoms with Crippen molar-refractivity contribution in [2.24, 2.45) is 0 Å². The summed E-state index contributed by atoms with van der Waals surface area (Å²) in [6, 6.07) is 12.4. The number of pyridine rings is 1. The third-order valence-electron chi connectivity index (χ3n) is 4.77. The third-order valence-corrected chi connectivity index (χ3v) is 5.98. The summed E-state index contributed by atoms with van der Waals surface area (Å²) in [7, 11) is 0. The first-order chi connectivity index (χ1) is 13.6. The number of furan rings is 1. The van der Waals surface area contributed by atoms with Crippen LogP contribution in [0, 0.1) is 0 Å². The fourth-order valence-electron chi connectivity index (χ4n) is 3.26. The molecule has 1 amide bonds. The Morgan fingerprint density at radius 1 is 1.04 bits per heavy atom. The maximum atomic E-state index is 12.7. The standard InChI is InChI=1S/C20H20ClN3O3S/c21-18-7-5-16(28-18)14-22-9-11-23(12-10-22)20(26)17-6-4-15(27-17)13-24-8-2-1-3-19(24)25/h1-8H,9-14H2. The number of nitrogens with zero attached hydrogens (tertiary/aromatic N) is 3. The van der Waals surface area contributed by atoms with E-state index < -0.39 is 0 Å². The molecule has 0 bridgehead atoms. The molecule has 1 aliphatic heterocycles. The Hall–Kier alpha value is -2.35. The smallest absolute Gasteiger partial charge is 0.289 e. The molecule has 0 atom stereocenters. The van der Waals surface area contributed by atoms with Crippen molar-refractivity contribution in [1.29, 1.82) is 0 Å². The molecule has 0 aliphatic carbocycles. The summed E-state index contributed by atoms with van der Waals surface area (Å²) in [4.78, 5) is 29.9. The van der Waals surface area contributed by atoms with E-state index in [-0.39, 0.29) is 11.5 Å². The van der Waals surface area contributed by atoms with E-state index in [1.54, 1.807) is 46.4 Å². The highest BCUT2D eigenvalue weighted by atomic mass is 35.5. The van der Waals surface area contributed by atoms with Gasteiger partial charge in [0.05, 0.1) is 10.9 Å². The molecule has 6 nitrogen and oxygen atoms in total. The van der Waals surface area contributed by atoms with E-state index in [1.807, 2.05) is 17.0 Å². The number of aromatic nitrogens is 1. The van der Waals surface area contributed by atoms with Crippen LogP contribution in [-0.2, 0) is 13.1 Å². The van der Waals surface area contributed by atoms with Gasteiger partial charge in [-0.2, -0.15) is 0 Å². The van der Waals surface area contributed by atoms with Crippen molar-refractivity contribution < 1.29 is 9.21 Å². The highest BCUT2D eigenvalue weighted by Gasteiger charge is 2.24. The van der Waals surface area contributed by atoms with E-state index in [0.29, 0.717) is 31.2 Å². The largest absolute Gasteiger partial charge is 0.454 e. The molecular formula is C20H20ClN3O3S. The van der Waals surface area contributed by atoms with Crippen LogP contribution in [0.3, 0.4) is 0 Å². The second-order valence-corrected chi connectivity index (χ2v) is 8.51. The summed E-state index contributed by atoms with van der Waals surface area (Å²) in [6.07, 6.45) is 1.70. The molecule has 0 radical (unpaired) electrons. The Bertz CT molecular complexity index is 1020. The van der Waals surface area contributed by atoms with E-state index in [4.69, 9.17) is 16.0 Å². The number of hydrogen-bond donors (Lipinski definition) is 0. The highest BCUT2D eigenvalue weighted by molar-refractivity contribution is 7.16. The number of amides is 1. The van der Waals surface area contributed by atoms with E-state index >= 15 is 0 Å². The van der Waals surface area contributed by atoms with Gasteiger partial charge < -0.3 is 13.9 Å². The van der Waals surface area contributed by atoms with Gasteiger partial charge in [-0.3, -0.25) is 14.5 Å². The van der Waals surface area contributed by atoms with E-state index in [2.05, 4.69) is 4.90 Å². The minimum Gasteiger partial charge on any atom is -0.454 e. The lowest BCUT2D eigenvalue weighted by Crippen LogP contribution is -2.48. The molecule has 1 saturated heterocycles. The lowest BCUT2D eigenvalue weighted by atomic mass is 10.2. The molecule has 3 aromatic heterocycles. The third kappa shape index (κ3) is 4.38. The number of carbonyl (C=O) groups excluding carboxylic acids is 1. The van der Waals surface area contributed by atoms with Crippen LogP contribution >= 0.6 is 22.9 Å². The van der Waals surface area contributed by atoms with Crippen molar-refractivity contribution in [3.05, 3.63) is 79.7 Å². The SMILES string of the molecule is O=C(c1ccc(Cn2ccccc2=O)o1)N1CCN(Cc2ccc(Cl)s2)CC1. The van der Waals surface area contributed by atoms with Crippen LogP contribution < -0.4 is 5.56 Å². The van der Waals surface area contributed by atoms with Gasteiger partial charge in [0.25, 0.3) is 11.5 Å². The average molecular weight is 418 g/mol. The maximum absolute atomic E-state index is 12.7. The van der Waals surface area contributed by atoms with Crippen molar-refractivity contribution in [2.45, 2.75) is 13.1 Å².